The van der Waals surface area contributed by atoms with E-state index in [0.717, 1.165) is 13.0 Å². The van der Waals surface area contributed by atoms with Gasteiger partial charge < -0.3 is 15.0 Å². The van der Waals surface area contributed by atoms with Crippen LogP contribution in [0.3, 0.4) is 0 Å². The predicted octanol–water partition coefficient (Wildman–Crippen LogP) is 1.77. The maximum Gasteiger partial charge on any atom is 0.226 e. The van der Waals surface area contributed by atoms with E-state index in [2.05, 4.69) is 34.2 Å². The lowest BCUT2D eigenvalue weighted by atomic mass is 10.1. The normalized spacial score (nSPS) is 20.7. The third-order valence-corrected chi connectivity index (χ3v) is 3.04. The highest BCUT2D eigenvalue weighted by Gasteiger charge is 2.17. The maximum atomic E-state index is 5.50. The van der Waals surface area contributed by atoms with Crippen LogP contribution in [0.1, 0.15) is 26.2 Å². The van der Waals surface area contributed by atoms with E-state index in [1.165, 1.54) is 19.4 Å². The molecule has 0 aliphatic carbocycles. The van der Waals surface area contributed by atoms with Crippen LogP contribution in [0.5, 0.6) is 5.88 Å². The first kappa shape index (κ1) is 13.1. The lowest BCUT2D eigenvalue weighted by molar-refractivity contribution is 0.260. The molecule has 0 aromatic carbocycles. The molecule has 100 valence electrons. The average molecular weight is 250 g/mol. The molecule has 2 heterocycles. The van der Waals surface area contributed by atoms with Crippen molar-refractivity contribution in [3.05, 3.63) is 12.3 Å². The fourth-order valence-corrected chi connectivity index (χ4v) is 2.17. The summed E-state index contributed by atoms with van der Waals surface area (Å²) in [5.74, 6) is 1.32. The standard InChI is InChI=1S/C13H22N4O/c1-3-9-18-12-6-7-14-13(16-12)15-11-5-4-8-17(2)10-11/h6-7,11H,3-5,8-10H2,1-2H3,(H,14,15,16). The number of hydrogen-bond donors (Lipinski definition) is 1. The molecule has 18 heavy (non-hydrogen) atoms. The van der Waals surface area contributed by atoms with Gasteiger partial charge in [0.15, 0.2) is 0 Å². The first-order chi connectivity index (χ1) is 8.78. The molecule has 0 bridgehead atoms. The Bertz CT molecular complexity index is 372. The highest BCUT2D eigenvalue weighted by molar-refractivity contribution is 5.29. The van der Waals surface area contributed by atoms with Crippen molar-refractivity contribution in [3.63, 3.8) is 0 Å². The van der Waals surface area contributed by atoms with Gasteiger partial charge in [0.25, 0.3) is 0 Å². The minimum Gasteiger partial charge on any atom is -0.478 e. The molecule has 1 fully saturated rings. The van der Waals surface area contributed by atoms with Crippen LogP contribution in [0.25, 0.3) is 0 Å². The number of rotatable bonds is 5. The van der Waals surface area contributed by atoms with Crippen molar-refractivity contribution in [2.24, 2.45) is 0 Å². The summed E-state index contributed by atoms with van der Waals surface area (Å²) in [6.45, 7) is 5.00. The van der Waals surface area contributed by atoms with Crippen LogP contribution < -0.4 is 10.1 Å². The van der Waals surface area contributed by atoms with E-state index in [4.69, 9.17) is 4.74 Å². The zero-order valence-corrected chi connectivity index (χ0v) is 11.2. The summed E-state index contributed by atoms with van der Waals surface area (Å²) in [7, 11) is 2.15. The first-order valence-corrected chi connectivity index (χ1v) is 6.69. The number of piperidine rings is 1. The number of aromatic nitrogens is 2. The van der Waals surface area contributed by atoms with Gasteiger partial charge in [-0.15, -0.1) is 0 Å². The molecule has 1 unspecified atom stereocenters. The molecule has 0 amide bonds. The molecule has 1 aromatic rings. The molecule has 1 N–H and O–H groups in total. The Kier molecular flexibility index (Phi) is 4.75. The molecule has 2 rings (SSSR count). The van der Waals surface area contributed by atoms with Gasteiger partial charge in [-0.1, -0.05) is 6.92 Å². The largest absolute Gasteiger partial charge is 0.478 e. The van der Waals surface area contributed by atoms with E-state index in [-0.39, 0.29) is 0 Å². The molecule has 5 heteroatoms. The number of nitrogens with zero attached hydrogens (tertiary/aromatic N) is 3. The van der Waals surface area contributed by atoms with Crippen molar-refractivity contribution in [3.8, 4) is 5.88 Å². The summed E-state index contributed by atoms with van der Waals surface area (Å²) >= 11 is 0. The van der Waals surface area contributed by atoms with Crippen molar-refractivity contribution in [2.45, 2.75) is 32.2 Å². The van der Waals surface area contributed by atoms with Gasteiger partial charge in [-0.05, 0) is 32.9 Å². The predicted molar refractivity (Wildman–Crippen MR) is 72.0 cm³/mol. The second-order valence-corrected chi connectivity index (χ2v) is 4.81. The summed E-state index contributed by atoms with van der Waals surface area (Å²) in [5.41, 5.74) is 0. The minimum atomic E-state index is 0.435. The van der Waals surface area contributed by atoms with Gasteiger partial charge in [-0.25, -0.2) is 4.98 Å². The molecule has 0 spiro atoms. The molecule has 1 aromatic heterocycles. The van der Waals surface area contributed by atoms with E-state index >= 15 is 0 Å². The summed E-state index contributed by atoms with van der Waals surface area (Å²) in [6.07, 6.45) is 5.13. The molecular weight excluding hydrogens is 228 g/mol. The zero-order valence-electron chi connectivity index (χ0n) is 11.2. The number of nitrogens with one attached hydrogen (secondary N) is 1. The van der Waals surface area contributed by atoms with Crippen LogP contribution >= 0.6 is 0 Å². The fraction of sp³-hybridized carbons (Fsp3) is 0.692. The topological polar surface area (TPSA) is 50.3 Å². The van der Waals surface area contributed by atoms with E-state index in [1.807, 2.05) is 0 Å². The molecule has 0 radical (unpaired) electrons. The molecule has 5 nitrogen and oxygen atoms in total. The summed E-state index contributed by atoms with van der Waals surface area (Å²) in [6, 6.07) is 2.23. The van der Waals surface area contributed by atoms with Crippen molar-refractivity contribution in [1.29, 1.82) is 0 Å². The van der Waals surface area contributed by atoms with Crippen LogP contribution in [0.4, 0.5) is 5.95 Å². The Hall–Kier alpha value is -1.36. The lowest BCUT2D eigenvalue weighted by Gasteiger charge is -2.30. The smallest absolute Gasteiger partial charge is 0.226 e. The second-order valence-electron chi connectivity index (χ2n) is 4.81. The SMILES string of the molecule is CCCOc1ccnc(NC2CCCN(C)C2)n1. The highest BCUT2D eigenvalue weighted by atomic mass is 16.5. The molecule has 1 aliphatic heterocycles. The number of ether oxygens (including phenoxy) is 1. The maximum absolute atomic E-state index is 5.50. The second kappa shape index (κ2) is 6.54. The Labute approximate surface area is 109 Å². The first-order valence-electron chi connectivity index (χ1n) is 6.69. The molecular formula is C13H22N4O. The molecule has 1 saturated heterocycles. The van der Waals surface area contributed by atoms with Gasteiger partial charge in [-0.2, -0.15) is 4.98 Å². The van der Waals surface area contributed by atoms with Gasteiger partial charge in [0.1, 0.15) is 0 Å². The summed E-state index contributed by atoms with van der Waals surface area (Å²) in [5, 5.41) is 3.38. The highest BCUT2D eigenvalue weighted by Crippen LogP contribution is 2.14. The van der Waals surface area contributed by atoms with Crippen molar-refractivity contribution in [2.75, 3.05) is 32.1 Å². The Balaban J connectivity index is 1.91. The summed E-state index contributed by atoms with van der Waals surface area (Å²) in [4.78, 5) is 10.9. The van der Waals surface area contributed by atoms with Gasteiger partial charge in [0, 0.05) is 24.8 Å². The third kappa shape index (κ3) is 3.84. The monoisotopic (exact) mass is 250 g/mol. The number of likely N-dealkylation sites (tertiary alicyclic amines) is 1. The van der Waals surface area contributed by atoms with Crippen molar-refractivity contribution in [1.82, 2.24) is 14.9 Å². The van der Waals surface area contributed by atoms with Crippen LogP contribution in [0.2, 0.25) is 0 Å². The van der Waals surface area contributed by atoms with Crippen molar-refractivity contribution >= 4 is 5.95 Å². The van der Waals surface area contributed by atoms with Gasteiger partial charge in [0.05, 0.1) is 6.61 Å². The molecule has 1 aliphatic rings. The van der Waals surface area contributed by atoms with Crippen LogP contribution in [-0.2, 0) is 0 Å². The van der Waals surface area contributed by atoms with Crippen LogP contribution in [-0.4, -0.2) is 47.7 Å². The lowest BCUT2D eigenvalue weighted by Crippen LogP contribution is -2.40. The van der Waals surface area contributed by atoms with E-state index in [1.54, 1.807) is 12.3 Å². The van der Waals surface area contributed by atoms with E-state index < -0.39 is 0 Å². The van der Waals surface area contributed by atoms with E-state index in [0.29, 0.717) is 24.5 Å². The molecule has 0 saturated carbocycles. The number of hydrogen-bond acceptors (Lipinski definition) is 5. The number of likely N-dealkylation sites (N-methyl/N-ethyl adjacent to an activating group) is 1. The van der Waals surface area contributed by atoms with Gasteiger partial charge >= 0.3 is 0 Å². The van der Waals surface area contributed by atoms with Gasteiger partial charge in [0.2, 0.25) is 11.8 Å². The van der Waals surface area contributed by atoms with Crippen LogP contribution in [0, 0.1) is 0 Å². The van der Waals surface area contributed by atoms with Gasteiger partial charge in [-0.3, -0.25) is 0 Å². The zero-order chi connectivity index (χ0) is 12.8. The third-order valence-electron chi connectivity index (χ3n) is 3.04. The fourth-order valence-electron chi connectivity index (χ4n) is 2.17. The molecule has 1 atom stereocenters. The Morgan fingerprint density at radius 3 is 3.22 bits per heavy atom. The minimum absolute atomic E-state index is 0.435. The van der Waals surface area contributed by atoms with Crippen molar-refractivity contribution < 1.29 is 4.74 Å². The average Bonchev–Trinajstić information content (AvgIpc) is 2.37. The Morgan fingerprint density at radius 1 is 1.56 bits per heavy atom. The van der Waals surface area contributed by atoms with E-state index in [9.17, 15) is 0 Å². The number of anilines is 1. The summed E-state index contributed by atoms with van der Waals surface area (Å²) < 4.78 is 5.50. The quantitative estimate of drug-likeness (QED) is 0.863. The van der Waals surface area contributed by atoms with Crippen LogP contribution in [0.15, 0.2) is 12.3 Å². The Morgan fingerprint density at radius 2 is 2.44 bits per heavy atom.